The third kappa shape index (κ3) is 2.10. The number of hydrogen-bond donors (Lipinski definition) is 1. The number of anilines is 1. The van der Waals surface area contributed by atoms with E-state index < -0.39 is 0 Å². The van der Waals surface area contributed by atoms with Crippen molar-refractivity contribution in [3.63, 3.8) is 0 Å². The van der Waals surface area contributed by atoms with Crippen LogP contribution >= 0.6 is 0 Å². The predicted molar refractivity (Wildman–Crippen MR) is 60.4 cm³/mol. The van der Waals surface area contributed by atoms with Crippen molar-refractivity contribution in [2.24, 2.45) is 0 Å². The first kappa shape index (κ1) is 9.98. The molecule has 0 saturated carbocycles. The number of benzene rings is 1. The molecule has 1 aromatic carbocycles. The Bertz CT molecular complexity index is 462. The van der Waals surface area contributed by atoms with Crippen LogP contribution in [0.1, 0.15) is 13.8 Å². The summed E-state index contributed by atoms with van der Waals surface area (Å²) in [5.74, 6) is 0. The van der Waals surface area contributed by atoms with Crippen molar-refractivity contribution in [2.45, 2.75) is 26.7 Å². The van der Waals surface area contributed by atoms with E-state index in [0.717, 1.165) is 16.6 Å². The van der Waals surface area contributed by atoms with E-state index in [1.165, 1.54) is 0 Å². The Kier molecular flexibility index (Phi) is 2.60. The summed E-state index contributed by atoms with van der Waals surface area (Å²) in [5.41, 5.74) is 7.48. The lowest BCUT2D eigenvalue weighted by Crippen LogP contribution is -2.09. The monoisotopic (exact) mass is 205 g/mol. The van der Waals surface area contributed by atoms with Gasteiger partial charge in [-0.05, 0) is 32.0 Å². The minimum absolute atomic E-state index is 0.199. The van der Waals surface area contributed by atoms with Crippen LogP contribution in [0.3, 0.4) is 0 Å². The molecule has 0 saturated heterocycles. The molecule has 4 nitrogen and oxygen atoms in total. The Morgan fingerprint density at radius 1 is 1.47 bits per heavy atom. The van der Waals surface area contributed by atoms with Gasteiger partial charge < -0.3 is 10.5 Å². The molecule has 0 unspecified atom stereocenters. The van der Waals surface area contributed by atoms with Gasteiger partial charge in [-0.3, -0.25) is 0 Å². The van der Waals surface area contributed by atoms with Crippen molar-refractivity contribution in [2.75, 3.05) is 5.73 Å². The molecule has 80 valence electrons. The van der Waals surface area contributed by atoms with Crippen molar-refractivity contribution in [1.29, 1.82) is 0 Å². The highest BCUT2D eigenvalue weighted by Crippen LogP contribution is 2.16. The third-order valence-corrected chi connectivity index (χ3v) is 2.20. The van der Waals surface area contributed by atoms with Crippen molar-refractivity contribution in [1.82, 2.24) is 9.78 Å². The summed E-state index contributed by atoms with van der Waals surface area (Å²) in [7, 11) is 0. The standard InChI is InChI=1S/C11H15N3O/c1-8(2)15-7-14-11-5-10(12)4-3-9(11)6-13-14/h3-6,8H,7,12H2,1-2H3. The molecule has 0 amide bonds. The minimum atomic E-state index is 0.199. The molecule has 2 rings (SSSR count). The second-order valence-electron chi connectivity index (χ2n) is 3.81. The molecular weight excluding hydrogens is 190 g/mol. The van der Waals surface area contributed by atoms with Crippen LogP contribution in [0, 0.1) is 0 Å². The number of fused-ring (bicyclic) bond motifs is 1. The summed E-state index contributed by atoms with van der Waals surface area (Å²) < 4.78 is 7.31. The van der Waals surface area contributed by atoms with Crippen LogP contribution in [0.25, 0.3) is 10.9 Å². The van der Waals surface area contributed by atoms with E-state index >= 15 is 0 Å². The van der Waals surface area contributed by atoms with Crippen LogP contribution in [0.5, 0.6) is 0 Å². The molecule has 0 spiro atoms. The summed E-state index contributed by atoms with van der Waals surface area (Å²) in [6.45, 7) is 4.46. The molecule has 0 radical (unpaired) electrons. The van der Waals surface area contributed by atoms with Crippen LogP contribution in [0.15, 0.2) is 24.4 Å². The maximum absolute atomic E-state index is 5.73. The molecule has 0 bridgehead atoms. The van der Waals surface area contributed by atoms with Gasteiger partial charge in [-0.1, -0.05) is 0 Å². The fourth-order valence-electron chi connectivity index (χ4n) is 1.41. The van der Waals surface area contributed by atoms with Gasteiger partial charge in [0, 0.05) is 11.1 Å². The van der Waals surface area contributed by atoms with Crippen LogP contribution in [0.4, 0.5) is 5.69 Å². The molecule has 0 aliphatic rings. The van der Waals surface area contributed by atoms with E-state index in [2.05, 4.69) is 5.10 Å². The van der Waals surface area contributed by atoms with E-state index in [0.29, 0.717) is 6.73 Å². The molecule has 0 aliphatic carbocycles. The van der Waals surface area contributed by atoms with Gasteiger partial charge in [0.15, 0.2) is 0 Å². The largest absolute Gasteiger partial charge is 0.399 e. The maximum atomic E-state index is 5.73. The summed E-state index contributed by atoms with van der Waals surface area (Å²) in [6, 6.07) is 5.74. The molecule has 1 aromatic heterocycles. The van der Waals surface area contributed by atoms with Gasteiger partial charge in [0.2, 0.25) is 0 Å². The average molecular weight is 205 g/mol. The van der Waals surface area contributed by atoms with Gasteiger partial charge in [-0.15, -0.1) is 0 Å². The molecule has 0 aliphatic heterocycles. The van der Waals surface area contributed by atoms with E-state index in [-0.39, 0.29) is 6.10 Å². The lowest BCUT2D eigenvalue weighted by atomic mass is 10.2. The van der Waals surface area contributed by atoms with Crippen LogP contribution < -0.4 is 5.73 Å². The number of hydrogen-bond acceptors (Lipinski definition) is 3. The van der Waals surface area contributed by atoms with Crippen LogP contribution in [-0.2, 0) is 11.5 Å². The fraction of sp³-hybridized carbons (Fsp3) is 0.364. The van der Waals surface area contributed by atoms with Gasteiger partial charge in [0.1, 0.15) is 6.73 Å². The summed E-state index contributed by atoms with van der Waals surface area (Å²) >= 11 is 0. The SMILES string of the molecule is CC(C)OCn1ncc2ccc(N)cc21. The van der Waals surface area contributed by atoms with Gasteiger partial charge in [-0.2, -0.15) is 5.10 Å². The first-order valence-corrected chi connectivity index (χ1v) is 4.99. The smallest absolute Gasteiger partial charge is 0.140 e. The lowest BCUT2D eigenvalue weighted by Gasteiger charge is -2.08. The molecule has 0 fully saturated rings. The summed E-state index contributed by atoms with van der Waals surface area (Å²) in [6.07, 6.45) is 2.02. The second kappa shape index (κ2) is 3.90. The lowest BCUT2D eigenvalue weighted by molar-refractivity contribution is 0.0245. The highest BCUT2D eigenvalue weighted by atomic mass is 16.5. The normalized spacial score (nSPS) is 11.4. The van der Waals surface area contributed by atoms with Crippen LogP contribution in [0.2, 0.25) is 0 Å². The summed E-state index contributed by atoms with van der Waals surface area (Å²) in [5, 5.41) is 5.32. The van der Waals surface area contributed by atoms with E-state index in [1.54, 1.807) is 0 Å². The first-order chi connectivity index (χ1) is 7.16. The molecule has 0 atom stereocenters. The van der Waals surface area contributed by atoms with E-state index in [1.807, 2.05) is 42.9 Å². The van der Waals surface area contributed by atoms with Crippen LogP contribution in [-0.4, -0.2) is 15.9 Å². The maximum Gasteiger partial charge on any atom is 0.140 e. The Morgan fingerprint density at radius 3 is 3.00 bits per heavy atom. The Morgan fingerprint density at radius 2 is 2.27 bits per heavy atom. The van der Waals surface area contributed by atoms with Crippen molar-refractivity contribution in [3.05, 3.63) is 24.4 Å². The first-order valence-electron chi connectivity index (χ1n) is 4.99. The van der Waals surface area contributed by atoms with E-state index in [9.17, 15) is 0 Å². The number of aromatic nitrogens is 2. The minimum Gasteiger partial charge on any atom is -0.399 e. The van der Waals surface area contributed by atoms with Crippen molar-refractivity contribution >= 4 is 16.6 Å². The van der Waals surface area contributed by atoms with Crippen molar-refractivity contribution < 1.29 is 4.74 Å². The highest BCUT2D eigenvalue weighted by Gasteiger charge is 2.03. The molecule has 15 heavy (non-hydrogen) atoms. The van der Waals surface area contributed by atoms with Gasteiger partial charge in [-0.25, -0.2) is 4.68 Å². The molecule has 2 aromatic rings. The molecular formula is C11H15N3O. The Balaban J connectivity index is 2.31. The molecule has 4 heteroatoms. The highest BCUT2D eigenvalue weighted by molar-refractivity contribution is 5.81. The average Bonchev–Trinajstić information content (AvgIpc) is 2.57. The second-order valence-corrected chi connectivity index (χ2v) is 3.81. The number of nitrogens with two attached hydrogens (primary N) is 1. The predicted octanol–water partition coefficient (Wildman–Crippen LogP) is 2.00. The number of nitrogens with zero attached hydrogens (tertiary/aromatic N) is 2. The van der Waals surface area contributed by atoms with Gasteiger partial charge in [0.25, 0.3) is 0 Å². The summed E-state index contributed by atoms with van der Waals surface area (Å²) in [4.78, 5) is 0. The number of rotatable bonds is 3. The third-order valence-electron chi connectivity index (χ3n) is 2.20. The van der Waals surface area contributed by atoms with E-state index in [4.69, 9.17) is 10.5 Å². The van der Waals surface area contributed by atoms with Gasteiger partial charge >= 0.3 is 0 Å². The topological polar surface area (TPSA) is 53.1 Å². The zero-order valence-corrected chi connectivity index (χ0v) is 8.97. The number of ether oxygens (including phenoxy) is 1. The quantitative estimate of drug-likeness (QED) is 0.780. The molecule has 1 heterocycles. The molecule has 2 N–H and O–H groups in total. The van der Waals surface area contributed by atoms with Gasteiger partial charge in [0.05, 0.1) is 17.8 Å². The number of nitrogen functional groups attached to an aromatic ring is 1. The van der Waals surface area contributed by atoms with Crippen molar-refractivity contribution in [3.8, 4) is 0 Å². The zero-order valence-electron chi connectivity index (χ0n) is 8.97. The Labute approximate surface area is 88.6 Å². The zero-order chi connectivity index (χ0) is 10.8. The fourth-order valence-corrected chi connectivity index (χ4v) is 1.41. The Hall–Kier alpha value is -1.55.